The molecule has 2 aliphatic heterocycles. The van der Waals surface area contributed by atoms with E-state index in [0.717, 1.165) is 32.1 Å². The minimum absolute atomic E-state index is 0.0105. The summed E-state index contributed by atoms with van der Waals surface area (Å²) in [5.74, 6) is 2.00. The van der Waals surface area contributed by atoms with Crippen LogP contribution in [0, 0.1) is 34.0 Å². The van der Waals surface area contributed by atoms with Gasteiger partial charge < -0.3 is 10.1 Å². The summed E-state index contributed by atoms with van der Waals surface area (Å²) in [6.45, 7) is 8.85. The van der Waals surface area contributed by atoms with E-state index in [1.54, 1.807) is 6.08 Å². The van der Waals surface area contributed by atoms with Crippen LogP contribution in [0.25, 0.3) is 0 Å². The van der Waals surface area contributed by atoms with E-state index in [1.165, 1.54) is 19.3 Å². The van der Waals surface area contributed by atoms with Crippen LogP contribution in [0.3, 0.4) is 0 Å². The second-order valence-electron chi connectivity index (χ2n) is 11.5. The zero-order valence-corrected chi connectivity index (χ0v) is 17.8. The van der Waals surface area contributed by atoms with E-state index in [9.17, 15) is 9.59 Å². The van der Waals surface area contributed by atoms with E-state index in [-0.39, 0.29) is 39.8 Å². The van der Waals surface area contributed by atoms with Crippen molar-refractivity contribution >= 4 is 11.9 Å². The molecule has 154 valence electrons. The number of esters is 1. The highest BCUT2D eigenvalue weighted by Crippen LogP contribution is 2.68. The fourth-order valence-electron chi connectivity index (χ4n) is 7.99. The highest BCUT2D eigenvalue weighted by atomic mass is 16.6. The van der Waals surface area contributed by atoms with Crippen LogP contribution in [0.15, 0.2) is 12.2 Å². The molecule has 0 aromatic rings. The number of fused-ring (bicyclic) bond motifs is 6. The molecule has 5 aliphatic rings. The van der Waals surface area contributed by atoms with Gasteiger partial charge in [0.1, 0.15) is 5.60 Å². The van der Waals surface area contributed by atoms with E-state index in [0.29, 0.717) is 17.8 Å². The van der Waals surface area contributed by atoms with Gasteiger partial charge in [0.25, 0.3) is 0 Å². The highest BCUT2D eigenvalue weighted by Gasteiger charge is 2.67. The Balaban J connectivity index is 1.46. The predicted octanol–water partition coefficient (Wildman–Crippen LogP) is 4.39. The molecule has 28 heavy (non-hydrogen) atoms. The Bertz CT molecular complexity index is 757. The third kappa shape index (κ3) is 2.24. The van der Waals surface area contributed by atoms with Crippen molar-refractivity contribution in [2.75, 3.05) is 0 Å². The van der Waals surface area contributed by atoms with E-state index >= 15 is 0 Å². The minimum Gasteiger partial charge on any atom is -0.458 e. The van der Waals surface area contributed by atoms with Crippen LogP contribution in [0.5, 0.6) is 0 Å². The molecule has 1 amide bonds. The Morgan fingerprint density at radius 3 is 2.43 bits per heavy atom. The summed E-state index contributed by atoms with van der Waals surface area (Å²) in [4.78, 5) is 24.7. The van der Waals surface area contributed by atoms with Gasteiger partial charge in [-0.3, -0.25) is 9.59 Å². The molecule has 0 aromatic carbocycles. The highest BCUT2D eigenvalue weighted by molar-refractivity contribution is 5.89. The van der Waals surface area contributed by atoms with Gasteiger partial charge in [0.2, 0.25) is 5.91 Å². The van der Waals surface area contributed by atoms with Crippen molar-refractivity contribution in [1.29, 1.82) is 0 Å². The number of hydrogen-bond donors (Lipinski definition) is 1. The van der Waals surface area contributed by atoms with Gasteiger partial charge in [-0.05, 0) is 89.0 Å². The largest absolute Gasteiger partial charge is 0.458 e. The molecule has 1 N–H and O–H groups in total. The summed E-state index contributed by atoms with van der Waals surface area (Å²) in [6, 6.07) is 0.277. The molecule has 4 nitrogen and oxygen atoms in total. The number of rotatable bonds is 0. The maximum absolute atomic E-state index is 12.8. The van der Waals surface area contributed by atoms with Gasteiger partial charge in [-0.2, -0.15) is 0 Å². The van der Waals surface area contributed by atoms with Crippen LogP contribution in [0.4, 0.5) is 0 Å². The van der Waals surface area contributed by atoms with Crippen molar-refractivity contribution in [3.05, 3.63) is 12.2 Å². The van der Waals surface area contributed by atoms with Gasteiger partial charge in [-0.1, -0.05) is 19.9 Å². The Labute approximate surface area is 168 Å². The lowest BCUT2D eigenvalue weighted by molar-refractivity contribution is -0.210. The Kier molecular flexibility index (Phi) is 3.76. The number of carbonyl (C=O) groups excluding carboxylic acids is 2. The Morgan fingerprint density at radius 1 is 0.929 bits per heavy atom. The smallest absolute Gasteiger partial charge is 0.312 e. The standard InChI is InChI=1S/C24H35NO3/c1-21(2)13-14-24(28-20(21)27)12-8-17-15-5-6-18-22(3,10-9-19(26)25-18)16(15)7-11-23(17,24)4/h9-10,15-18H,5-8,11-14H2,1-4H3,(H,25,26)/t15-,16+,17+,18-,22-,23+,24-/m1/s1. The average Bonchev–Trinajstić information content (AvgIpc) is 2.92. The number of amides is 1. The minimum atomic E-state index is -0.340. The first kappa shape index (κ1) is 18.7. The second kappa shape index (κ2) is 5.64. The number of nitrogens with one attached hydrogen (secondary N) is 1. The molecule has 7 atom stereocenters. The SMILES string of the molecule is CC1(C)CC[C@@]2(CC[C@H]3[C@@H]4CC[C@H]5NC(=O)C=C[C@]5(C)[C@H]4CC[C@@]32C)OC1=O. The van der Waals surface area contributed by atoms with Gasteiger partial charge in [0.05, 0.1) is 5.41 Å². The number of hydrogen-bond acceptors (Lipinski definition) is 3. The fourth-order valence-corrected chi connectivity index (χ4v) is 7.99. The van der Waals surface area contributed by atoms with E-state index < -0.39 is 0 Å². The zero-order chi connectivity index (χ0) is 19.9. The third-order valence-electron chi connectivity index (χ3n) is 9.97. The molecule has 1 saturated heterocycles. The maximum Gasteiger partial charge on any atom is 0.312 e. The first-order chi connectivity index (χ1) is 13.1. The van der Waals surface area contributed by atoms with Gasteiger partial charge >= 0.3 is 5.97 Å². The van der Waals surface area contributed by atoms with Crippen LogP contribution >= 0.6 is 0 Å². The van der Waals surface area contributed by atoms with Crippen LogP contribution in [-0.2, 0) is 14.3 Å². The van der Waals surface area contributed by atoms with Gasteiger partial charge in [0.15, 0.2) is 0 Å². The Morgan fingerprint density at radius 2 is 1.68 bits per heavy atom. The molecule has 2 heterocycles. The van der Waals surface area contributed by atoms with Crippen molar-refractivity contribution in [2.24, 2.45) is 34.0 Å². The molecule has 3 aliphatic carbocycles. The van der Waals surface area contributed by atoms with Crippen LogP contribution < -0.4 is 5.32 Å². The summed E-state index contributed by atoms with van der Waals surface area (Å²) in [7, 11) is 0. The molecule has 0 aromatic heterocycles. The molecule has 4 fully saturated rings. The van der Waals surface area contributed by atoms with Crippen molar-refractivity contribution in [2.45, 2.75) is 90.7 Å². The van der Waals surface area contributed by atoms with Crippen LogP contribution in [0.1, 0.15) is 79.1 Å². The lowest BCUT2D eigenvalue weighted by atomic mass is 9.47. The molecule has 5 rings (SSSR count). The summed E-state index contributed by atoms with van der Waals surface area (Å²) in [5.41, 5.74) is -0.415. The predicted molar refractivity (Wildman–Crippen MR) is 107 cm³/mol. The summed E-state index contributed by atoms with van der Waals surface area (Å²) >= 11 is 0. The molecule has 0 unspecified atom stereocenters. The lowest BCUT2D eigenvalue weighted by Gasteiger charge is -2.61. The first-order valence-corrected chi connectivity index (χ1v) is 11.3. The zero-order valence-electron chi connectivity index (χ0n) is 17.8. The topological polar surface area (TPSA) is 55.4 Å². The fraction of sp³-hybridized carbons (Fsp3) is 0.833. The van der Waals surface area contributed by atoms with Crippen molar-refractivity contribution in [3.8, 4) is 0 Å². The quantitative estimate of drug-likeness (QED) is 0.629. The van der Waals surface area contributed by atoms with E-state index in [1.807, 2.05) is 13.8 Å². The van der Waals surface area contributed by atoms with Crippen molar-refractivity contribution < 1.29 is 14.3 Å². The van der Waals surface area contributed by atoms with Gasteiger partial charge in [0, 0.05) is 16.9 Å². The van der Waals surface area contributed by atoms with Crippen molar-refractivity contribution in [3.63, 3.8) is 0 Å². The molecule has 0 bridgehead atoms. The van der Waals surface area contributed by atoms with Crippen LogP contribution in [0.2, 0.25) is 0 Å². The van der Waals surface area contributed by atoms with Crippen molar-refractivity contribution in [1.82, 2.24) is 5.32 Å². The molecule has 1 spiro atoms. The third-order valence-corrected chi connectivity index (χ3v) is 9.97. The summed E-state index contributed by atoms with van der Waals surface area (Å²) < 4.78 is 6.34. The average molecular weight is 386 g/mol. The molecular weight excluding hydrogens is 350 g/mol. The molecule has 0 radical (unpaired) electrons. The monoisotopic (exact) mass is 385 g/mol. The molecule has 4 heteroatoms. The molecular formula is C24H35NO3. The lowest BCUT2D eigenvalue weighted by Crippen LogP contribution is -2.62. The number of carbonyl (C=O) groups is 2. The number of ether oxygens (including phenoxy) is 1. The van der Waals surface area contributed by atoms with Crippen LogP contribution in [-0.4, -0.2) is 23.5 Å². The normalized spacial score (nSPS) is 51.7. The maximum atomic E-state index is 12.8. The second-order valence-corrected chi connectivity index (χ2v) is 11.5. The van der Waals surface area contributed by atoms with E-state index in [4.69, 9.17) is 4.74 Å². The summed E-state index contributed by atoms with van der Waals surface area (Å²) in [5, 5.41) is 3.24. The Hall–Kier alpha value is -1.32. The molecule has 3 saturated carbocycles. The van der Waals surface area contributed by atoms with Gasteiger partial charge in [-0.25, -0.2) is 0 Å². The van der Waals surface area contributed by atoms with E-state index in [2.05, 4.69) is 25.2 Å². The van der Waals surface area contributed by atoms with Gasteiger partial charge in [-0.15, -0.1) is 0 Å². The first-order valence-electron chi connectivity index (χ1n) is 11.3. The summed E-state index contributed by atoms with van der Waals surface area (Å²) in [6.07, 6.45) is 12.7.